The second-order valence-corrected chi connectivity index (χ2v) is 11.1. The maximum absolute atomic E-state index is 9.55. The van der Waals surface area contributed by atoms with Crippen LogP contribution in [-0.4, -0.2) is 25.8 Å². The molecule has 0 amide bonds. The number of hydrogen-bond donors (Lipinski definition) is 1. The average molecular weight is 526 g/mol. The maximum atomic E-state index is 9.55. The van der Waals surface area contributed by atoms with Gasteiger partial charge < -0.3 is 5.32 Å². The molecule has 0 aromatic carbocycles. The Morgan fingerprint density at radius 1 is 1.10 bits per heavy atom. The van der Waals surface area contributed by atoms with Gasteiger partial charge in [-0.3, -0.25) is 4.99 Å². The van der Waals surface area contributed by atoms with Crippen LogP contribution >= 0.6 is 0 Å². The maximum Gasteiger partial charge on any atom is 0.0991 e. The summed E-state index contributed by atoms with van der Waals surface area (Å²) in [6.45, 7) is 33.7. The number of nitriles is 1. The predicted octanol–water partition coefficient (Wildman–Crippen LogP) is 9.20. The molecule has 1 aliphatic carbocycles. The zero-order chi connectivity index (χ0) is 29.5. The van der Waals surface area contributed by atoms with Crippen LogP contribution in [0.15, 0.2) is 113 Å². The van der Waals surface area contributed by atoms with Crippen LogP contribution in [0.25, 0.3) is 0 Å². The zero-order valence-corrected chi connectivity index (χ0v) is 25.5. The molecule has 0 heterocycles. The third-order valence-corrected chi connectivity index (χ3v) is 7.00. The van der Waals surface area contributed by atoms with Crippen molar-refractivity contribution in [1.29, 1.82) is 5.26 Å². The van der Waals surface area contributed by atoms with Crippen LogP contribution < -0.4 is 5.32 Å². The van der Waals surface area contributed by atoms with E-state index in [2.05, 4.69) is 90.0 Å². The standard InChI is InChI=1S/C36H51N3/c1-12-14-31(23-37)22-32(13-2)28(8)20-34(21-29(9)33-15-16-33)36(30(10)38-11)35(26(5)6)19-27(7)17-18-39-24-25(3)4/h12-14,20,22,25,28,33,39H,1-2,5,7,9,15-19,21,24H2,3-4,6,8,10-11H3/b31-14+,32-22+,34-20-,36-35+,38-30?. The lowest BCUT2D eigenvalue weighted by molar-refractivity contribution is 0.552. The molecular formula is C36H51N3. The molecule has 0 aromatic heterocycles. The van der Waals surface area contributed by atoms with Gasteiger partial charge in [0.1, 0.15) is 0 Å². The van der Waals surface area contributed by atoms with Gasteiger partial charge in [-0.25, -0.2) is 0 Å². The number of hydrogen-bond acceptors (Lipinski definition) is 3. The van der Waals surface area contributed by atoms with Gasteiger partial charge in [-0.15, -0.1) is 0 Å². The predicted molar refractivity (Wildman–Crippen MR) is 173 cm³/mol. The topological polar surface area (TPSA) is 48.2 Å². The van der Waals surface area contributed by atoms with E-state index < -0.39 is 0 Å². The molecule has 0 spiro atoms. The van der Waals surface area contributed by atoms with E-state index in [-0.39, 0.29) is 5.92 Å². The fraction of sp³-hybridized carbons (Fsp3) is 0.444. The van der Waals surface area contributed by atoms with Crippen molar-refractivity contribution in [3.63, 3.8) is 0 Å². The first-order chi connectivity index (χ1) is 18.5. The summed E-state index contributed by atoms with van der Waals surface area (Å²) in [7, 11) is 1.85. The second-order valence-electron chi connectivity index (χ2n) is 11.1. The van der Waals surface area contributed by atoms with E-state index >= 15 is 0 Å². The highest BCUT2D eigenvalue weighted by atomic mass is 14.8. The summed E-state index contributed by atoms with van der Waals surface area (Å²) in [6.07, 6.45) is 14.3. The Balaban J connectivity index is 3.62. The van der Waals surface area contributed by atoms with E-state index in [0.717, 1.165) is 54.8 Å². The Bertz CT molecular complexity index is 1120. The minimum Gasteiger partial charge on any atom is -0.316 e. The highest BCUT2D eigenvalue weighted by Crippen LogP contribution is 2.41. The fourth-order valence-corrected chi connectivity index (χ4v) is 4.51. The number of allylic oxidation sites excluding steroid dienone is 12. The van der Waals surface area contributed by atoms with Crippen molar-refractivity contribution in [3.8, 4) is 6.07 Å². The van der Waals surface area contributed by atoms with Gasteiger partial charge >= 0.3 is 0 Å². The van der Waals surface area contributed by atoms with Gasteiger partial charge in [-0.2, -0.15) is 5.26 Å². The van der Waals surface area contributed by atoms with Crippen molar-refractivity contribution in [2.45, 2.75) is 66.7 Å². The minimum atomic E-state index is 0.0283. The molecule has 1 atom stereocenters. The van der Waals surface area contributed by atoms with Crippen LogP contribution in [0.5, 0.6) is 0 Å². The fourth-order valence-electron chi connectivity index (χ4n) is 4.51. The lowest BCUT2D eigenvalue weighted by atomic mass is 9.83. The van der Waals surface area contributed by atoms with E-state index in [1.165, 1.54) is 35.1 Å². The SMILES string of the molecule is C=C/C=C(C#N)\C=C(/C=C)C(C)/C=C(CC(=C)C1CC1)\C(C(C)=NC)=C(/CC(=C)CCNCC(C)C)C(=C)C. The normalized spacial score (nSPS) is 16.4. The number of rotatable bonds is 18. The van der Waals surface area contributed by atoms with Crippen LogP contribution in [0, 0.1) is 29.1 Å². The summed E-state index contributed by atoms with van der Waals surface area (Å²) in [6, 6.07) is 2.24. The van der Waals surface area contributed by atoms with Crippen LogP contribution in [0.1, 0.15) is 66.7 Å². The molecule has 210 valence electrons. The van der Waals surface area contributed by atoms with Gasteiger partial charge in [0.15, 0.2) is 0 Å². The number of aliphatic imine (C=N–C) groups is 1. The van der Waals surface area contributed by atoms with Crippen molar-refractivity contribution in [2.75, 3.05) is 20.1 Å². The molecule has 0 radical (unpaired) electrons. The summed E-state index contributed by atoms with van der Waals surface area (Å²) in [5.41, 5.74) is 9.50. The van der Waals surface area contributed by atoms with Gasteiger partial charge in [0.05, 0.1) is 11.6 Å². The molecule has 1 fully saturated rings. The highest BCUT2D eigenvalue weighted by molar-refractivity contribution is 6.03. The van der Waals surface area contributed by atoms with Crippen LogP contribution in [0.2, 0.25) is 0 Å². The largest absolute Gasteiger partial charge is 0.316 e. The lowest BCUT2D eigenvalue weighted by Crippen LogP contribution is -2.21. The molecule has 1 saturated carbocycles. The molecular weight excluding hydrogens is 474 g/mol. The van der Waals surface area contributed by atoms with E-state index in [1.807, 2.05) is 19.2 Å². The molecule has 1 aliphatic rings. The highest BCUT2D eigenvalue weighted by Gasteiger charge is 2.27. The first-order valence-electron chi connectivity index (χ1n) is 14.1. The zero-order valence-electron chi connectivity index (χ0n) is 25.5. The smallest absolute Gasteiger partial charge is 0.0991 e. The molecule has 0 aromatic rings. The van der Waals surface area contributed by atoms with Crippen molar-refractivity contribution >= 4 is 5.71 Å². The van der Waals surface area contributed by atoms with Gasteiger partial charge in [0.25, 0.3) is 0 Å². The number of nitrogens with one attached hydrogen (secondary N) is 1. The van der Waals surface area contributed by atoms with Crippen molar-refractivity contribution in [2.24, 2.45) is 22.7 Å². The quantitative estimate of drug-likeness (QED) is 0.0637. The first-order valence-corrected chi connectivity index (χ1v) is 14.1. The molecule has 3 heteroatoms. The van der Waals surface area contributed by atoms with Crippen LogP contribution in [-0.2, 0) is 0 Å². The lowest BCUT2D eigenvalue weighted by Gasteiger charge is -2.22. The van der Waals surface area contributed by atoms with E-state index in [9.17, 15) is 5.26 Å². The van der Waals surface area contributed by atoms with Crippen LogP contribution in [0.3, 0.4) is 0 Å². The van der Waals surface area contributed by atoms with Gasteiger partial charge in [-0.05, 0) is 106 Å². The summed E-state index contributed by atoms with van der Waals surface area (Å²) >= 11 is 0. The third-order valence-electron chi connectivity index (χ3n) is 7.00. The summed E-state index contributed by atoms with van der Waals surface area (Å²) in [5.74, 6) is 1.24. The Morgan fingerprint density at radius 2 is 1.77 bits per heavy atom. The molecule has 1 N–H and O–H groups in total. The molecule has 0 saturated heterocycles. The average Bonchev–Trinajstić information content (AvgIpc) is 3.73. The van der Waals surface area contributed by atoms with Gasteiger partial charge in [0, 0.05) is 18.3 Å². The Labute approximate surface area is 239 Å². The Kier molecular flexibility index (Phi) is 15.1. The van der Waals surface area contributed by atoms with Gasteiger partial charge in [0.2, 0.25) is 0 Å². The van der Waals surface area contributed by atoms with E-state index in [4.69, 9.17) is 0 Å². The minimum absolute atomic E-state index is 0.0283. The molecule has 0 aliphatic heterocycles. The summed E-state index contributed by atoms with van der Waals surface area (Å²) in [5, 5.41) is 13.1. The Morgan fingerprint density at radius 3 is 2.26 bits per heavy atom. The second kappa shape index (κ2) is 17.4. The third kappa shape index (κ3) is 12.0. The van der Waals surface area contributed by atoms with E-state index in [0.29, 0.717) is 17.4 Å². The number of nitrogens with zero attached hydrogens (tertiary/aromatic N) is 2. The molecule has 1 unspecified atom stereocenters. The van der Waals surface area contributed by atoms with Crippen LogP contribution in [0.4, 0.5) is 0 Å². The van der Waals surface area contributed by atoms with Crippen molar-refractivity contribution < 1.29 is 0 Å². The Hall–Kier alpha value is -3.22. The molecule has 1 rings (SSSR count). The molecule has 0 bridgehead atoms. The summed E-state index contributed by atoms with van der Waals surface area (Å²) in [4.78, 5) is 4.65. The summed E-state index contributed by atoms with van der Waals surface area (Å²) < 4.78 is 0. The van der Waals surface area contributed by atoms with Gasteiger partial charge in [-0.1, -0.05) is 88.6 Å². The molecule has 3 nitrogen and oxygen atoms in total. The van der Waals surface area contributed by atoms with Crippen molar-refractivity contribution in [1.82, 2.24) is 5.32 Å². The first kappa shape index (κ1) is 33.8. The van der Waals surface area contributed by atoms with Crippen molar-refractivity contribution in [3.05, 3.63) is 108 Å². The molecule has 39 heavy (non-hydrogen) atoms. The van der Waals surface area contributed by atoms with E-state index in [1.54, 1.807) is 12.2 Å². The monoisotopic (exact) mass is 525 g/mol.